The summed E-state index contributed by atoms with van der Waals surface area (Å²) in [6.07, 6.45) is 6.66. The van der Waals surface area contributed by atoms with Crippen LogP contribution in [0, 0.1) is 0 Å². The van der Waals surface area contributed by atoms with Crippen LogP contribution < -0.4 is 4.74 Å². The summed E-state index contributed by atoms with van der Waals surface area (Å²) in [7, 11) is 0. The lowest BCUT2D eigenvalue weighted by Gasteiger charge is -2.10. The van der Waals surface area contributed by atoms with Crippen molar-refractivity contribution in [3.8, 4) is 17.1 Å². The molecule has 1 aliphatic carbocycles. The number of fused-ring (bicyclic) bond motifs is 3. The Balaban J connectivity index is 1.80. The quantitative estimate of drug-likeness (QED) is 0.796. The summed E-state index contributed by atoms with van der Waals surface area (Å²) in [5, 5.41) is 0. The Morgan fingerprint density at radius 1 is 1.23 bits per heavy atom. The summed E-state index contributed by atoms with van der Waals surface area (Å²) < 4.78 is 5.57. The first-order chi connectivity index (χ1) is 10.8. The molecule has 4 nitrogen and oxygen atoms in total. The van der Waals surface area contributed by atoms with Gasteiger partial charge in [-0.2, -0.15) is 0 Å². The molecule has 0 saturated heterocycles. The SMILES string of the molecule is CCOc1cccc(-c2ncc3[nH]c4c(c3n2)CCCC4)c1. The Kier molecular flexibility index (Phi) is 3.29. The van der Waals surface area contributed by atoms with Crippen molar-refractivity contribution in [3.05, 3.63) is 41.7 Å². The average Bonchev–Trinajstić information content (AvgIpc) is 2.93. The van der Waals surface area contributed by atoms with Crippen molar-refractivity contribution >= 4 is 11.0 Å². The maximum Gasteiger partial charge on any atom is 0.160 e. The molecular formula is C18H19N3O. The third-order valence-electron chi connectivity index (χ3n) is 4.23. The smallest absolute Gasteiger partial charge is 0.160 e. The van der Waals surface area contributed by atoms with Crippen LogP contribution in [0.5, 0.6) is 5.75 Å². The number of rotatable bonds is 3. The van der Waals surface area contributed by atoms with E-state index in [1.54, 1.807) is 0 Å². The van der Waals surface area contributed by atoms with E-state index < -0.39 is 0 Å². The van der Waals surface area contributed by atoms with E-state index >= 15 is 0 Å². The Morgan fingerprint density at radius 2 is 2.14 bits per heavy atom. The number of benzene rings is 1. The third kappa shape index (κ3) is 2.25. The molecule has 0 spiro atoms. The maximum atomic E-state index is 5.57. The molecule has 0 atom stereocenters. The van der Waals surface area contributed by atoms with Gasteiger partial charge in [-0.05, 0) is 50.3 Å². The van der Waals surface area contributed by atoms with Crippen LogP contribution in [0.2, 0.25) is 0 Å². The summed E-state index contributed by atoms with van der Waals surface area (Å²) in [4.78, 5) is 12.8. The van der Waals surface area contributed by atoms with Crippen LogP contribution in [0.1, 0.15) is 31.0 Å². The van der Waals surface area contributed by atoms with Crippen LogP contribution >= 0.6 is 0 Å². The van der Waals surface area contributed by atoms with Crippen molar-refractivity contribution in [1.82, 2.24) is 15.0 Å². The van der Waals surface area contributed by atoms with E-state index in [0.29, 0.717) is 6.61 Å². The molecule has 1 aromatic carbocycles. The molecule has 0 bridgehead atoms. The molecule has 0 aliphatic heterocycles. The summed E-state index contributed by atoms with van der Waals surface area (Å²) >= 11 is 0. The van der Waals surface area contributed by atoms with Gasteiger partial charge in [0.1, 0.15) is 5.75 Å². The van der Waals surface area contributed by atoms with E-state index in [2.05, 4.69) is 9.97 Å². The van der Waals surface area contributed by atoms with Gasteiger partial charge in [-0.3, -0.25) is 0 Å². The fraction of sp³-hybridized carbons (Fsp3) is 0.333. The highest BCUT2D eigenvalue weighted by Gasteiger charge is 2.17. The number of aromatic amines is 1. The van der Waals surface area contributed by atoms with Crippen LogP contribution in [-0.2, 0) is 12.8 Å². The molecule has 2 heterocycles. The summed E-state index contributed by atoms with van der Waals surface area (Å²) in [6, 6.07) is 7.98. The Morgan fingerprint density at radius 3 is 3.05 bits per heavy atom. The monoisotopic (exact) mass is 293 g/mol. The number of aryl methyl sites for hydroxylation is 2. The van der Waals surface area contributed by atoms with Crippen LogP contribution in [-0.4, -0.2) is 21.6 Å². The number of H-pyrrole nitrogens is 1. The fourth-order valence-corrected chi connectivity index (χ4v) is 3.20. The highest BCUT2D eigenvalue weighted by molar-refractivity contribution is 5.82. The van der Waals surface area contributed by atoms with Gasteiger partial charge in [-0.1, -0.05) is 12.1 Å². The molecule has 22 heavy (non-hydrogen) atoms. The minimum absolute atomic E-state index is 0.661. The molecule has 112 valence electrons. The second-order valence-electron chi connectivity index (χ2n) is 5.71. The standard InChI is InChI=1S/C18H19N3O/c1-2-22-13-7-5-6-12(10-13)18-19-11-16-17(21-18)14-8-3-4-9-15(14)20-16/h5-7,10-11,20H,2-4,8-9H2,1H3. The first-order valence-electron chi connectivity index (χ1n) is 7.95. The third-order valence-corrected chi connectivity index (χ3v) is 4.23. The van der Waals surface area contributed by atoms with Gasteiger partial charge in [0, 0.05) is 11.3 Å². The van der Waals surface area contributed by atoms with Gasteiger partial charge in [0.15, 0.2) is 5.82 Å². The van der Waals surface area contributed by atoms with E-state index in [4.69, 9.17) is 9.72 Å². The largest absolute Gasteiger partial charge is 0.494 e. The van der Waals surface area contributed by atoms with E-state index in [9.17, 15) is 0 Å². The highest BCUT2D eigenvalue weighted by atomic mass is 16.5. The van der Waals surface area contributed by atoms with E-state index in [-0.39, 0.29) is 0 Å². The number of nitrogens with one attached hydrogen (secondary N) is 1. The van der Waals surface area contributed by atoms with Crippen molar-refractivity contribution in [1.29, 1.82) is 0 Å². The highest BCUT2D eigenvalue weighted by Crippen LogP contribution is 2.29. The van der Waals surface area contributed by atoms with Crippen LogP contribution in [0.4, 0.5) is 0 Å². The zero-order valence-corrected chi connectivity index (χ0v) is 12.7. The lowest BCUT2D eigenvalue weighted by atomic mass is 9.97. The maximum absolute atomic E-state index is 5.57. The second-order valence-corrected chi connectivity index (χ2v) is 5.71. The number of hydrogen-bond donors (Lipinski definition) is 1. The predicted octanol–water partition coefficient (Wildman–Crippen LogP) is 3.90. The Bertz CT molecular complexity index is 822. The topological polar surface area (TPSA) is 50.8 Å². The van der Waals surface area contributed by atoms with Gasteiger partial charge >= 0.3 is 0 Å². The van der Waals surface area contributed by atoms with Crippen molar-refractivity contribution in [2.24, 2.45) is 0 Å². The second kappa shape index (κ2) is 5.44. The van der Waals surface area contributed by atoms with E-state index in [1.807, 2.05) is 37.4 Å². The van der Waals surface area contributed by atoms with E-state index in [1.165, 1.54) is 24.1 Å². The first kappa shape index (κ1) is 13.3. The van der Waals surface area contributed by atoms with Crippen molar-refractivity contribution in [3.63, 3.8) is 0 Å². The van der Waals surface area contributed by atoms with Crippen molar-refractivity contribution in [2.75, 3.05) is 6.61 Å². The van der Waals surface area contributed by atoms with Gasteiger partial charge in [0.25, 0.3) is 0 Å². The number of nitrogens with zero attached hydrogens (tertiary/aromatic N) is 2. The lowest BCUT2D eigenvalue weighted by Crippen LogP contribution is -2.00. The zero-order valence-electron chi connectivity index (χ0n) is 12.7. The molecule has 0 saturated carbocycles. The van der Waals surface area contributed by atoms with Gasteiger partial charge in [0.2, 0.25) is 0 Å². The molecule has 0 amide bonds. The van der Waals surface area contributed by atoms with E-state index in [0.717, 1.165) is 41.0 Å². The molecular weight excluding hydrogens is 274 g/mol. The van der Waals surface area contributed by atoms with Crippen molar-refractivity contribution in [2.45, 2.75) is 32.6 Å². The van der Waals surface area contributed by atoms with Crippen LogP contribution in [0.3, 0.4) is 0 Å². The molecule has 0 unspecified atom stereocenters. The fourth-order valence-electron chi connectivity index (χ4n) is 3.20. The summed E-state index contributed by atoms with van der Waals surface area (Å²) in [6.45, 7) is 2.65. The Labute approximate surface area is 129 Å². The van der Waals surface area contributed by atoms with Gasteiger partial charge in [0.05, 0.1) is 23.8 Å². The number of ether oxygens (including phenoxy) is 1. The molecule has 1 N–H and O–H groups in total. The number of hydrogen-bond acceptors (Lipinski definition) is 3. The summed E-state index contributed by atoms with van der Waals surface area (Å²) in [5.74, 6) is 1.63. The molecule has 4 rings (SSSR count). The van der Waals surface area contributed by atoms with Crippen LogP contribution in [0.25, 0.3) is 22.4 Å². The number of aromatic nitrogens is 3. The average molecular weight is 293 g/mol. The van der Waals surface area contributed by atoms with Crippen molar-refractivity contribution < 1.29 is 4.74 Å². The normalized spacial score (nSPS) is 14.0. The Hall–Kier alpha value is -2.36. The lowest BCUT2D eigenvalue weighted by molar-refractivity contribution is 0.340. The van der Waals surface area contributed by atoms with Crippen LogP contribution in [0.15, 0.2) is 30.5 Å². The molecule has 2 aromatic heterocycles. The van der Waals surface area contributed by atoms with Gasteiger partial charge in [-0.15, -0.1) is 0 Å². The molecule has 1 aliphatic rings. The van der Waals surface area contributed by atoms with Gasteiger partial charge in [-0.25, -0.2) is 9.97 Å². The molecule has 0 fully saturated rings. The van der Waals surface area contributed by atoms with Gasteiger partial charge < -0.3 is 9.72 Å². The molecule has 3 aromatic rings. The zero-order chi connectivity index (χ0) is 14.9. The minimum atomic E-state index is 0.661. The summed E-state index contributed by atoms with van der Waals surface area (Å²) in [5.41, 5.74) is 5.86. The molecule has 4 heteroatoms. The minimum Gasteiger partial charge on any atom is -0.494 e. The predicted molar refractivity (Wildman–Crippen MR) is 87.1 cm³/mol. The first-order valence-corrected chi connectivity index (χ1v) is 7.95. The molecule has 0 radical (unpaired) electrons.